The molecule has 2 rings (SSSR count). The molecule has 1 heterocycles. The molecule has 0 radical (unpaired) electrons. The van der Waals surface area contributed by atoms with Crippen molar-refractivity contribution in [3.63, 3.8) is 0 Å². The van der Waals surface area contributed by atoms with E-state index in [1.54, 1.807) is 18.2 Å². The molecule has 6 heteroatoms. The van der Waals surface area contributed by atoms with Crippen molar-refractivity contribution in [1.82, 2.24) is 5.32 Å². The summed E-state index contributed by atoms with van der Waals surface area (Å²) in [5.41, 5.74) is 0.918. The monoisotopic (exact) mass is 319 g/mol. The van der Waals surface area contributed by atoms with Gasteiger partial charge in [-0.05, 0) is 35.9 Å². The van der Waals surface area contributed by atoms with E-state index in [2.05, 4.69) is 10.1 Å². The average Bonchev–Trinajstić information content (AvgIpc) is 3.00. The molecule has 2 aromatic rings. The van der Waals surface area contributed by atoms with E-state index in [0.717, 1.165) is 15.3 Å². The molecule has 0 fully saturated rings. The number of thiophene rings is 1. The molecule has 4 nitrogen and oxygen atoms in total. The molecule has 0 saturated heterocycles. The maximum atomic E-state index is 12.9. The molecule has 1 N–H and O–H groups in total. The average molecular weight is 319 g/mol. The zero-order valence-electron chi connectivity index (χ0n) is 11.8. The molecule has 0 aliphatic heterocycles. The molecule has 0 atom stereocenters. The first kappa shape index (κ1) is 15.9. The van der Waals surface area contributed by atoms with Crippen LogP contribution in [0.25, 0.3) is 16.5 Å². The second-order valence-corrected chi connectivity index (χ2v) is 5.45. The minimum absolute atomic E-state index is 0.162. The number of esters is 1. The summed E-state index contributed by atoms with van der Waals surface area (Å²) in [5, 5.41) is 2.41. The molecule has 0 spiro atoms. The van der Waals surface area contributed by atoms with Gasteiger partial charge in [-0.3, -0.25) is 9.59 Å². The molecule has 0 bridgehead atoms. The third-order valence-corrected chi connectivity index (χ3v) is 3.89. The van der Waals surface area contributed by atoms with Crippen LogP contribution in [0.3, 0.4) is 0 Å². The van der Waals surface area contributed by atoms with Crippen LogP contribution < -0.4 is 5.32 Å². The zero-order valence-corrected chi connectivity index (χ0v) is 12.7. The van der Waals surface area contributed by atoms with E-state index in [1.165, 1.54) is 36.7 Å². The summed E-state index contributed by atoms with van der Waals surface area (Å²) >= 11 is 1.48. The number of amides is 1. The van der Waals surface area contributed by atoms with Gasteiger partial charge in [-0.25, -0.2) is 4.39 Å². The molecule has 22 heavy (non-hydrogen) atoms. The lowest BCUT2D eigenvalue weighted by atomic mass is 10.2. The highest BCUT2D eigenvalue weighted by molar-refractivity contribution is 7.16. The first-order chi connectivity index (χ1) is 10.6. The Balaban J connectivity index is 1.97. The molecule has 114 valence electrons. The normalized spacial score (nSPS) is 10.6. The van der Waals surface area contributed by atoms with Gasteiger partial charge in [0.05, 0.1) is 7.11 Å². The smallest absolute Gasteiger partial charge is 0.325 e. The van der Waals surface area contributed by atoms with Gasteiger partial charge in [0.2, 0.25) is 5.91 Å². The second kappa shape index (κ2) is 7.51. The minimum Gasteiger partial charge on any atom is -0.468 e. The first-order valence-corrected chi connectivity index (χ1v) is 7.28. The Labute approximate surface area is 131 Å². The summed E-state index contributed by atoms with van der Waals surface area (Å²) in [5.74, 6) is -1.15. The van der Waals surface area contributed by atoms with Gasteiger partial charge in [-0.1, -0.05) is 12.1 Å². The highest BCUT2D eigenvalue weighted by Crippen LogP contribution is 2.28. The van der Waals surface area contributed by atoms with Gasteiger partial charge >= 0.3 is 5.97 Å². The largest absolute Gasteiger partial charge is 0.468 e. The topological polar surface area (TPSA) is 55.4 Å². The Kier molecular flexibility index (Phi) is 5.43. The standard InChI is InChI=1S/C16H14FNO3S/c1-21-16(20)10-18-15(19)9-7-13-6-8-14(22-13)11-2-4-12(17)5-3-11/h2-9H,10H2,1H3,(H,18,19)/b9-7+. The Hall–Kier alpha value is -2.47. The number of hydrogen-bond acceptors (Lipinski definition) is 4. The number of ether oxygens (including phenoxy) is 1. The van der Waals surface area contributed by atoms with Crippen molar-refractivity contribution in [1.29, 1.82) is 0 Å². The quantitative estimate of drug-likeness (QED) is 0.681. The number of hydrogen-bond donors (Lipinski definition) is 1. The lowest BCUT2D eigenvalue weighted by molar-refractivity contribution is -0.140. The van der Waals surface area contributed by atoms with E-state index < -0.39 is 5.97 Å². The molecule has 1 aromatic heterocycles. The van der Waals surface area contributed by atoms with Gasteiger partial charge in [0.1, 0.15) is 12.4 Å². The van der Waals surface area contributed by atoms with Crippen LogP contribution in [0.5, 0.6) is 0 Å². The fourth-order valence-corrected chi connectivity index (χ4v) is 2.58. The number of benzene rings is 1. The summed E-state index contributed by atoms with van der Waals surface area (Å²) in [7, 11) is 1.26. The number of halogens is 1. The van der Waals surface area contributed by atoms with Crippen LogP contribution in [0.2, 0.25) is 0 Å². The SMILES string of the molecule is COC(=O)CNC(=O)/C=C/c1ccc(-c2ccc(F)cc2)s1. The van der Waals surface area contributed by atoms with Gasteiger partial charge in [0.15, 0.2) is 0 Å². The van der Waals surface area contributed by atoms with Crippen LogP contribution in [0, 0.1) is 5.82 Å². The van der Waals surface area contributed by atoms with Crippen molar-refractivity contribution in [3.8, 4) is 10.4 Å². The van der Waals surface area contributed by atoms with Crippen LogP contribution in [-0.4, -0.2) is 25.5 Å². The van der Waals surface area contributed by atoms with Crippen molar-refractivity contribution in [2.24, 2.45) is 0 Å². The maximum Gasteiger partial charge on any atom is 0.325 e. The van der Waals surface area contributed by atoms with Crippen LogP contribution in [0.4, 0.5) is 4.39 Å². The molecule has 1 aromatic carbocycles. The van der Waals surface area contributed by atoms with E-state index >= 15 is 0 Å². The third-order valence-electron chi connectivity index (χ3n) is 2.79. The van der Waals surface area contributed by atoms with E-state index in [9.17, 15) is 14.0 Å². The van der Waals surface area contributed by atoms with E-state index in [4.69, 9.17) is 0 Å². The number of carbonyl (C=O) groups excluding carboxylic acids is 2. The van der Waals surface area contributed by atoms with Gasteiger partial charge in [-0.2, -0.15) is 0 Å². The van der Waals surface area contributed by atoms with Gasteiger partial charge in [0.25, 0.3) is 0 Å². The highest BCUT2D eigenvalue weighted by atomic mass is 32.1. The van der Waals surface area contributed by atoms with E-state index in [-0.39, 0.29) is 18.3 Å². The van der Waals surface area contributed by atoms with Crippen LogP contribution in [0.1, 0.15) is 4.88 Å². The van der Waals surface area contributed by atoms with Crippen molar-refractivity contribution >= 4 is 29.3 Å². The molecule has 0 aliphatic carbocycles. The number of nitrogens with one attached hydrogen (secondary N) is 1. The first-order valence-electron chi connectivity index (χ1n) is 6.47. The summed E-state index contributed by atoms with van der Waals surface area (Å²) in [6.07, 6.45) is 3.01. The molecule has 0 saturated carbocycles. The number of rotatable bonds is 5. The number of carbonyl (C=O) groups is 2. The highest BCUT2D eigenvalue weighted by Gasteiger charge is 2.04. The Morgan fingerprint density at radius 2 is 1.95 bits per heavy atom. The van der Waals surface area contributed by atoms with Crippen molar-refractivity contribution in [2.75, 3.05) is 13.7 Å². The lowest BCUT2D eigenvalue weighted by Crippen LogP contribution is -2.28. The Morgan fingerprint density at radius 1 is 1.23 bits per heavy atom. The molecular weight excluding hydrogens is 305 g/mol. The van der Waals surface area contributed by atoms with Crippen molar-refractivity contribution < 1.29 is 18.7 Å². The van der Waals surface area contributed by atoms with Crippen LogP contribution >= 0.6 is 11.3 Å². The zero-order chi connectivity index (χ0) is 15.9. The lowest BCUT2D eigenvalue weighted by Gasteiger charge is -1.99. The van der Waals surface area contributed by atoms with E-state index in [1.807, 2.05) is 12.1 Å². The minimum atomic E-state index is -0.503. The molecular formula is C16H14FNO3S. The molecule has 0 unspecified atom stereocenters. The predicted molar refractivity (Wildman–Crippen MR) is 83.8 cm³/mol. The Bertz CT molecular complexity index is 692. The van der Waals surface area contributed by atoms with E-state index in [0.29, 0.717) is 0 Å². The van der Waals surface area contributed by atoms with Crippen LogP contribution in [0.15, 0.2) is 42.5 Å². The summed E-state index contributed by atoms with van der Waals surface area (Å²) in [4.78, 5) is 24.3. The summed E-state index contributed by atoms with van der Waals surface area (Å²) < 4.78 is 17.3. The van der Waals surface area contributed by atoms with Gasteiger partial charge in [0, 0.05) is 15.8 Å². The summed E-state index contributed by atoms with van der Waals surface area (Å²) in [6.45, 7) is -0.162. The van der Waals surface area contributed by atoms with Gasteiger partial charge < -0.3 is 10.1 Å². The molecule has 0 aliphatic rings. The fourth-order valence-electron chi connectivity index (χ4n) is 1.66. The predicted octanol–water partition coefficient (Wildman–Crippen LogP) is 2.86. The third kappa shape index (κ3) is 4.53. The Morgan fingerprint density at radius 3 is 2.64 bits per heavy atom. The second-order valence-electron chi connectivity index (χ2n) is 4.34. The van der Waals surface area contributed by atoms with Gasteiger partial charge in [-0.15, -0.1) is 11.3 Å². The maximum absolute atomic E-state index is 12.9. The number of methoxy groups -OCH3 is 1. The molecule has 1 amide bonds. The van der Waals surface area contributed by atoms with Crippen molar-refractivity contribution in [3.05, 3.63) is 53.2 Å². The van der Waals surface area contributed by atoms with Crippen molar-refractivity contribution in [2.45, 2.75) is 0 Å². The fraction of sp³-hybridized carbons (Fsp3) is 0.125. The summed E-state index contributed by atoms with van der Waals surface area (Å²) in [6, 6.07) is 10.0. The van der Waals surface area contributed by atoms with Crippen LogP contribution in [-0.2, 0) is 14.3 Å².